The predicted molar refractivity (Wildman–Crippen MR) is 92.5 cm³/mol. The molecule has 0 aliphatic heterocycles. The molecular weight excluding hydrogens is 273 g/mol. The molecule has 128 valence electrons. The summed E-state index contributed by atoms with van der Waals surface area (Å²) >= 11 is 0. The monoisotopic (exact) mass is 309 g/mol. The largest absolute Gasteiger partial charge is 1.00 e. The summed E-state index contributed by atoms with van der Waals surface area (Å²) in [5.74, 6) is 0. The van der Waals surface area contributed by atoms with E-state index in [0.717, 1.165) is 0 Å². The van der Waals surface area contributed by atoms with Crippen LogP contribution in [0, 0.1) is 0 Å². The van der Waals surface area contributed by atoms with E-state index in [-0.39, 0.29) is 4.70 Å². The highest BCUT2D eigenvalue weighted by molar-refractivity contribution is 5.06. The Hall–Kier alpha value is -0.920. The third-order valence-electron chi connectivity index (χ3n) is 4.27. The SMILES string of the molecule is CCCCCCCCCCCC[n+]1ccc(CCC)cc1.[F-]. The molecule has 1 aromatic heterocycles. The number of rotatable bonds is 13. The molecule has 1 aromatic rings. The van der Waals surface area contributed by atoms with Crippen LogP contribution >= 0.6 is 0 Å². The average Bonchev–Trinajstić information content (AvgIpc) is 2.51. The van der Waals surface area contributed by atoms with E-state index in [0.29, 0.717) is 0 Å². The zero-order chi connectivity index (χ0) is 15.2. The molecule has 0 bridgehead atoms. The van der Waals surface area contributed by atoms with Gasteiger partial charge in [-0.1, -0.05) is 71.6 Å². The van der Waals surface area contributed by atoms with Crippen LogP contribution in [0.3, 0.4) is 0 Å². The fraction of sp³-hybridized carbons (Fsp3) is 0.750. The van der Waals surface area contributed by atoms with Gasteiger partial charge in [0.25, 0.3) is 0 Å². The molecule has 2 heteroatoms. The van der Waals surface area contributed by atoms with Crippen LogP contribution in [0.25, 0.3) is 0 Å². The molecular formula is C20H36FN. The minimum absolute atomic E-state index is 0. The third-order valence-corrected chi connectivity index (χ3v) is 4.27. The Morgan fingerprint density at radius 3 is 1.68 bits per heavy atom. The van der Waals surface area contributed by atoms with Crippen LogP contribution < -0.4 is 9.27 Å². The second-order valence-electron chi connectivity index (χ2n) is 6.38. The van der Waals surface area contributed by atoms with Crippen LogP contribution in [0.2, 0.25) is 0 Å². The van der Waals surface area contributed by atoms with E-state index < -0.39 is 0 Å². The molecule has 0 aromatic carbocycles. The first-order chi connectivity index (χ1) is 10.4. The number of unbranched alkanes of at least 4 members (excludes halogenated alkanes) is 9. The fourth-order valence-electron chi connectivity index (χ4n) is 2.87. The summed E-state index contributed by atoms with van der Waals surface area (Å²) in [4.78, 5) is 0. The Morgan fingerprint density at radius 2 is 1.18 bits per heavy atom. The van der Waals surface area contributed by atoms with Gasteiger partial charge in [-0.3, -0.25) is 0 Å². The van der Waals surface area contributed by atoms with E-state index in [2.05, 4.69) is 42.9 Å². The van der Waals surface area contributed by atoms with Gasteiger partial charge in [0.05, 0.1) is 0 Å². The van der Waals surface area contributed by atoms with Gasteiger partial charge < -0.3 is 4.70 Å². The van der Waals surface area contributed by atoms with Gasteiger partial charge >= 0.3 is 0 Å². The molecule has 0 fully saturated rings. The zero-order valence-corrected chi connectivity index (χ0v) is 14.8. The first-order valence-electron chi connectivity index (χ1n) is 9.34. The van der Waals surface area contributed by atoms with Gasteiger partial charge in [-0.05, 0) is 18.4 Å². The van der Waals surface area contributed by atoms with Gasteiger partial charge in [-0.15, -0.1) is 0 Å². The maximum absolute atomic E-state index is 2.34. The van der Waals surface area contributed by atoms with Crippen molar-refractivity contribution >= 4 is 0 Å². The van der Waals surface area contributed by atoms with Crippen LogP contribution in [0.5, 0.6) is 0 Å². The van der Waals surface area contributed by atoms with E-state index in [4.69, 9.17) is 0 Å². The molecule has 0 N–H and O–H groups in total. The van der Waals surface area contributed by atoms with Crippen molar-refractivity contribution in [2.24, 2.45) is 0 Å². The molecule has 0 saturated heterocycles. The molecule has 0 atom stereocenters. The first kappa shape index (κ1) is 21.1. The summed E-state index contributed by atoms with van der Waals surface area (Å²) in [6, 6.07) is 4.56. The van der Waals surface area contributed by atoms with Crippen molar-refractivity contribution in [1.82, 2.24) is 0 Å². The lowest BCUT2D eigenvalue weighted by atomic mass is 10.1. The zero-order valence-electron chi connectivity index (χ0n) is 14.8. The van der Waals surface area contributed by atoms with Crippen LogP contribution in [0.4, 0.5) is 0 Å². The van der Waals surface area contributed by atoms with Crippen LogP contribution in [0.1, 0.15) is 90.0 Å². The highest BCUT2D eigenvalue weighted by Gasteiger charge is 2.00. The quantitative estimate of drug-likeness (QED) is 0.390. The third kappa shape index (κ3) is 10.8. The lowest BCUT2D eigenvalue weighted by Gasteiger charge is -2.02. The summed E-state index contributed by atoms with van der Waals surface area (Å²) in [5, 5.41) is 0. The highest BCUT2D eigenvalue weighted by atomic mass is 19.0. The lowest BCUT2D eigenvalue weighted by molar-refractivity contribution is -0.697. The maximum atomic E-state index is 2.34. The van der Waals surface area contributed by atoms with Crippen molar-refractivity contribution in [2.75, 3.05) is 0 Å². The molecule has 0 saturated carbocycles. The second-order valence-corrected chi connectivity index (χ2v) is 6.38. The molecule has 1 rings (SSSR count). The Balaban J connectivity index is 0.00000441. The molecule has 0 aliphatic carbocycles. The van der Waals surface area contributed by atoms with Crippen molar-refractivity contribution in [3.8, 4) is 0 Å². The normalized spacial score (nSPS) is 10.5. The van der Waals surface area contributed by atoms with Crippen molar-refractivity contribution in [1.29, 1.82) is 0 Å². The number of aromatic nitrogens is 1. The topological polar surface area (TPSA) is 3.88 Å². The molecule has 22 heavy (non-hydrogen) atoms. The van der Waals surface area contributed by atoms with Gasteiger partial charge in [0.2, 0.25) is 0 Å². The summed E-state index contributed by atoms with van der Waals surface area (Å²) in [5.41, 5.74) is 1.47. The fourth-order valence-corrected chi connectivity index (χ4v) is 2.87. The summed E-state index contributed by atoms with van der Waals surface area (Å²) in [6.45, 7) is 5.71. The van der Waals surface area contributed by atoms with Crippen molar-refractivity contribution < 1.29 is 9.27 Å². The molecule has 0 amide bonds. The van der Waals surface area contributed by atoms with E-state index in [1.54, 1.807) is 0 Å². The van der Waals surface area contributed by atoms with E-state index >= 15 is 0 Å². The molecule has 0 unspecified atom stereocenters. The van der Waals surface area contributed by atoms with Crippen molar-refractivity contribution in [3.05, 3.63) is 30.1 Å². The molecule has 1 heterocycles. The number of hydrogen-bond acceptors (Lipinski definition) is 0. The van der Waals surface area contributed by atoms with Gasteiger partial charge in [0.15, 0.2) is 12.4 Å². The first-order valence-corrected chi connectivity index (χ1v) is 9.34. The minimum Gasteiger partial charge on any atom is -1.00 e. The predicted octanol–water partition coefficient (Wildman–Crippen LogP) is 2.85. The molecule has 0 spiro atoms. The van der Waals surface area contributed by atoms with Crippen molar-refractivity contribution in [2.45, 2.75) is 97.4 Å². The highest BCUT2D eigenvalue weighted by Crippen LogP contribution is 2.10. The Kier molecular flexibility index (Phi) is 14.4. The smallest absolute Gasteiger partial charge is 0.169 e. The van der Waals surface area contributed by atoms with Crippen LogP contribution in [-0.2, 0) is 13.0 Å². The lowest BCUT2D eigenvalue weighted by Crippen LogP contribution is -3.00. The second kappa shape index (κ2) is 15.0. The Morgan fingerprint density at radius 1 is 0.682 bits per heavy atom. The minimum atomic E-state index is 0. The summed E-state index contributed by atoms with van der Waals surface area (Å²) in [6.07, 6.45) is 21.1. The van der Waals surface area contributed by atoms with Crippen LogP contribution in [0.15, 0.2) is 24.5 Å². The van der Waals surface area contributed by atoms with Crippen LogP contribution in [-0.4, -0.2) is 0 Å². The van der Waals surface area contributed by atoms with Crippen molar-refractivity contribution in [3.63, 3.8) is 0 Å². The van der Waals surface area contributed by atoms with Gasteiger partial charge in [0, 0.05) is 18.6 Å². The Bertz CT molecular complexity index is 334. The number of halogens is 1. The number of aryl methyl sites for hydroxylation is 2. The number of pyridine rings is 1. The Labute approximate surface area is 137 Å². The van der Waals surface area contributed by atoms with Gasteiger partial charge in [-0.25, -0.2) is 4.57 Å². The number of hydrogen-bond donors (Lipinski definition) is 0. The summed E-state index contributed by atoms with van der Waals surface area (Å²) < 4.78 is 2.34. The molecule has 0 aliphatic rings. The average molecular weight is 310 g/mol. The maximum Gasteiger partial charge on any atom is 0.169 e. The van der Waals surface area contributed by atoms with E-state index in [9.17, 15) is 0 Å². The van der Waals surface area contributed by atoms with E-state index in [1.165, 1.54) is 89.2 Å². The van der Waals surface area contributed by atoms with E-state index in [1.807, 2.05) is 0 Å². The summed E-state index contributed by atoms with van der Waals surface area (Å²) in [7, 11) is 0. The van der Waals surface area contributed by atoms with Gasteiger partial charge in [0.1, 0.15) is 6.54 Å². The van der Waals surface area contributed by atoms with Gasteiger partial charge in [-0.2, -0.15) is 0 Å². The standard InChI is InChI=1S/C20H36N.FH/c1-3-5-6-7-8-9-10-11-12-13-17-21-18-15-20(14-4-2)16-19-21;/h15-16,18-19H,3-14,17H2,1-2H3;1H/q+1;/p-1. The molecule has 1 nitrogen and oxygen atoms in total. The molecule has 0 radical (unpaired) electrons. The number of nitrogens with zero attached hydrogens (tertiary/aromatic N) is 1.